The van der Waals surface area contributed by atoms with E-state index in [-0.39, 0.29) is 0 Å². The van der Waals surface area contributed by atoms with E-state index in [0.717, 1.165) is 23.2 Å². The highest BCUT2D eigenvalue weighted by molar-refractivity contribution is 5.55. The van der Waals surface area contributed by atoms with E-state index >= 15 is 0 Å². The summed E-state index contributed by atoms with van der Waals surface area (Å²) < 4.78 is 0. The molecule has 2 aliphatic rings. The molecule has 156 valence electrons. The molecule has 29 heavy (non-hydrogen) atoms. The van der Waals surface area contributed by atoms with E-state index in [2.05, 4.69) is 43.6 Å². The average Bonchev–Trinajstić information content (AvgIpc) is 2.81. The van der Waals surface area contributed by atoms with Gasteiger partial charge in [-0.15, -0.1) is 0 Å². The topological polar surface area (TPSA) is 25.8 Å². The molecule has 2 heteroatoms. The van der Waals surface area contributed by atoms with Crippen LogP contribution in [0.3, 0.4) is 0 Å². The Morgan fingerprint density at radius 2 is 1.38 bits per heavy atom. The summed E-state index contributed by atoms with van der Waals surface area (Å²) in [6, 6.07) is 9.13. The zero-order valence-electron chi connectivity index (χ0n) is 18.3. The Bertz CT molecular complexity index is 720. The van der Waals surface area contributed by atoms with Crippen LogP contribution in [0.4, 0.5) is 0 Å². The first-order chi connectivity index (χ1) is 14.3. The Morgan fingerprint density at radius 1 is 0.724 bits per heavy atom. The largest absolute Gasteiger partial charge is 0.236 e. The summed E-state index contributed by atoms with van der Waals surface area (Å²) in [6.07, 6.45) is 22.1. The van der Waals surface area contributed by atoms with Gasteiger partial charge in [-0.1, -0.05) is 76.1 Å². The van der Waals surface area contributed by atoms with Gasteiger partial charge in [0.1, 0.15) is 0 Å². The van der Waals surface area contributed by atoms with Crippen LogP contribution in [0.5, 0.6) is 0 Å². The second kappa shape index (κ2) is 10.4. The zero-order chi connectivity index (χ0) is 19.9. The lowest BCUT2D eigenvalue weighted by atomic mass is 9.77. The van der Waals surface area contributed by atoms with Crippen LogP contribution in [0, 0.1) is 5.92 Å². The predicted molar refractivity (Wildman–Crippen MR) is 122 cm³/mol. The van der Waals surface area contributed by atoms with Crippen LogP contribution in [0.1, 0.15) is 113 Å². The summed E-state index contributed by atoms with van der Waals surface area (Å²) in [7, 11) is 0. The van der Waals surface area contributed by atoms with Crippen LogP contribution in [0.25, 0.3) is 11.4 Å². The van der Waals surface area contributed by atoms with Crippen LogP contribution in [0.15, 0.2) is 36.7 Å². The third-order valence-electron chi connectivity index (χ3n) is 7.45. The smallest absolute Gasteiger partial charge is 0.159 e. The summed E-state index contributed by atoms with van der Waals surface area (Å²) in [5.74, 6) is 3.28. The highest BCUT2D eigenvalue weighted by Gasteiger charge is 2.22. The fourth-order valence-corrected chi connectivity index (χ4v) is 5.51. The molecule has 0 atom stereocenters. The maximum atomic E-state index is 4.70. The van der Waals surface area contributed by atoms with Crippen molar-refractivity contribution in [1.82, 2.24) is 9.97 Å². The van der Waals surface area contributed by atoms with E-state index < -0.39 is 0 Å². The van der Waals surface area contributed by atoms with Crippen molar-refractivity contribution in [2.24, 2.45) is 5.92 Å². The Balaban J connectivity index is 1.32. The first-order valence-corrected chi connectivity index (χ1v) is 12.3. The van der Waals surface area contributed by atoms with Crippen LogP contribution in [0.2, 0.25) is 0 Å². The van der Waals surface area contributed by atoms with Gasteiger partial charge in [-0.2, -0.15) is 0 Å². The molecule has 0 N–H and O–H groups in total. The number of unbranched alkanes of at least 4 members (excludes halogenated alkanes) is 2. The van der Waals surface area contributed by atoms with Crippen molar-refractivity contribution < 1.29 is 0 Å². The SMILES string of the molecule is CCCCC[C@H]1CC[C@H](c2ccc(-c3ncc(C4CCCCC4)cn3)cc2)CC1. The van der Waals surface area contributed by atoms with Crippen LogP contribution in [-0.2, 0) is 0 Å². The van der Waals surface area contributed by atoms with Gasteiger partial charge in [0.2, 0.25) is 0 Å². The van der Waals surface area contributed by atoms with Gasteiger partial charge in [0, 0.05) is 18.0 Å². The Hall–Kier alpha value is -1.70. The van der Waals surface area contributed by atoms with Crippen molar-refractivity contribution in [2.75, 3.05) is 0 Å². The van der Waals surface area contributed by atoms with Crippen LogP contribution >= 0.6 is 0 Å². The minimum atomic E-state index is 0.678. The molecule has 1 aromatic carbocycles. The molecule has 2 aromatic rings. The van der Waals surface area contributed by atoms with Crippen molar-refractivity contribution in [3.8, 4) is 11.4 Å². The molecule has 4 rings (SSSR count). The van der Waals surface area contributed by atoms with E-state index in [1.54, 1.807) is 0 Å². The third kappa shape index (κ3) is 5.47. The summed E-state index contributed by atoms with van der Waals surface area (Å²) in [6.45, 7) is 2.30. The van der Waals surface area contributed by atoms with E-state index in [0.29, 0.717) is 5.92 Å². The van der Waals surface area contributed by atoms with Crippen molar-refractivity contribution in [2.45, 2.75) is 102 Å². The molecule has 0 spiro atoms. The van der Waals surface area contributed by atoms with E-state index in [4.69, 9.17) is 9.97 Å². The lowest BCUT2D eigenvalue weighted by molar-refractivity contribution is 0.303. The number of hydrogen-bond donors (Lipinski definition) is 0. The summed E-state index contributed by atoms with van der Waals surface area (Å²) >= 11 is 0. The molecule has 0 aliphatic heterocycles. The number of rotatable bonds is 7. The molecule has 1 heterocycles. The monoisotopic (exact) mass is 390 g/mol. The second-order valence-electron chi connectivity index (χ2n) is 9.51. The minimum absolute atomic E-state index is 0.678. The molecule has 2 nitrogen and oxygen atoms in total. The normalized spacial score (nSPS) is 23.2. The molecule has 0 radical (unpaired) electrons. The van der Waals surface area contributed by atoms with Gasteiger partial charge < -0.3 is 0 Å². The number of nitrogens with zero attached hydrogens (tertiary/aromatic N) is 2. The third-order valence-corrected chi connectivity index (χ3v) is 7.45. The summed E-state index contributed by atoms with van der Waals surface area (Å²) in [5, 5.41) is 0. The Labute approximate surface area is 177 Å². The maximum Gasteiger partial charge on any atom is 0.159 e. The Kier molecular flexibility index (Phi) is 7.35. The first-order valence-electron chi connectivity index (χ1n) is 12.3. The van der Waals surface area contributed by atoms with Crippen LogP contribution < -0.4 is 0 Å². The Morgan fingerprint density at radius 3 is 2.03 bits per heavy atom. The highest BCUT2D eigenvalue weighted by atomic mass is 14.9. The standard InChI is InChI=1S/C27H38N2/c1-2-3-5-8-21-11-13-23(14-12-21)24-15-17-25(18-16-24)27-28-19-26(20-29-27)22-9-6-4-7-10-22/h15-23H,2-14H2,1H3/t21-,23-. The van der Waals surface area contributed by atoms with Gasteiger partial charge in [0.15, 0.2) is 5.82 Å². The maximum absolute atomic E-state index is 4.70. The van der Waals surface area contributed by atoms with E-state index in [9.17, 15) is 0 Å². The molecule has 0 unspecified atom stereocenters. The molecular weight excluding hydrogens is 352 g/mol. The number of hydrogen-bond acceptors (Lipinski definition) is 2. The minimum Gasteiger partial charge on any atom is -0.236 e. The van der Waals surface area contributed by atoms with E-state index in [1.807, 2.05) is 0 Å². The zero-order valence-corrected chi connectivity index (χ0v) is 18.3. The number of aromatic nitrogens is 2. The van der Waals surface area contributed by atoms with Gasteiger partial charge in [-0.05, 0) is 67.4 Å². The van der Waals surface area contributed by atoms with Gasteiger partial charge in [0.25, 0.3) is 0 Å². The lowest BCUT2D eigenvalue weighted by Crippen LogP contribution is -2.13. The second-order valence-corrected chi connectivity index (χ2v) is 9.51. The van der Waals surface area contributed by atoms with Gasteiger partial charge in [-0.3, -0.25) is 0 Å². The first kappa shape index (κ1) is 20.6. The van der Waals surface area contributed by atoms with E-state index in [1.165, 1.54) is 94.6 Å². The van der Waals surface area contributed by atoms with Crippen molar-refractivity contribution in [3.05, 3.63) is 47.8 Å². The van der Waals surface area contributed by atoms with Crippen molar-refractivity contribution in [1.29, 1.82) is 0 Å². The molecular formula is C27H38N2. The van der Waals surface area contributed by atoms with Crippen molar-refractivity contribution >= 4 is 0 Å². The molecule has 2 aliphatic carbocycles. The highest BCUT2D eigenvalue weighted by Crippen LogP contribution is 2.38. The average molecular weight is 391 g/mol. The molecule has 1 aromatic heterocycles. The summed E-state index contributed by atoms with van der Waals surface area (Å²) in [4.78, 5) is 9.40. The van der Waals surface area contributed by atoms with Crippen molar-refractivity contribution in [3.63, 3.8) is 0 Å². The van der Waals surface area contributed by atoms with Gasteiger partial charge >= 0.3 is 0 Å². The molecule has 2 saturated carbocycles. The number of benzene rings is 1. The van der Waals surface area contributed by atoms with Crippen LogP contribution in [-0.4, -0.2) is 9.97 Å². The molecule has 2 fully saturated rings. The molecule has 0 saturated heterocycles. The quantitative estimate of drug-likeness (QED) is 0.447. The van der Waals surface area contributed by atoms with Gasteiger partial charge in [0.05, 0.1) is 0 Å². The van der Waals surface area contributed by atoms with Gasteiger partial charge in [-0.25, -0.2) is 9.97 Å². The lowest BCUT2D eigenvalue weighted by Gasteiger charge is -2.29. The molecule has 0 amide bonds. The molecule has 0 bridgehead atoms. The summed E-state index contributed by atoms with van der Waals surface area (Å²) in [5.41, 5.74) is 4.00. The fraction of sp³-hybridized carbons (Fsp3) is 0.630. The predicted octanol–water partition coefficient (Wildman–Crippen LogP) is 8.05. The fourth-order valence-electron chi connectivity index (χ4n) is 5.51.